The van der Waals surface area contributed by atoms with E-state index in [9.17, 15) is 9.50 Å². The Morgan fingerprint density at radius 1 is 1.26 bits per heavy atom. The zero-order chi connectivity index (χ0) is 13.2. The molecule has 1 N–H and O–H groups in total. The zero-order valence-corrected chi connectivity index (χ0v) is 10.5. The normalized spacial score (nSPS) is 15.2. The maximum absolute atomic E-state index is 13.2. The van der Waals surface area contributed by atoms with E-state index >= 15 is 0 Å². The van der Waals surface area contributed by atoms with E-state index in [1.54, 1.807) is 0 Å². The number of pyridine rings is 1. The van der Waals surface area contributed by atoms with Crippen molar-refractivity contribution in [3.63, 3.8) is 0 Å². The second-order valence-electron chi connectivity index (χ2n) is 4.85. The summed E-state index contributed by atoms with van der Waals surface area (Å²) < 4.78 is 13.2. The molecule has 0 atom stereocenters. The van der Waals surface area contributed by atoms with Gasteiger partial charge >= 0.3 is 0 Å². The fourth-order valence-corrected chi connectivity index (χ4v) is 2.45. The summed E-state index contributed by atoms with van der Waals surface area (Å²) in [5.41, 5.74) is 2.93. The highest BCUT2D eigenvalue weighted by molar-refractivity contribution is 5.29. The SMILES string of the molecule is Oc1nc2c(cc1F)CCN(Cc1ccccc1)C2. The molecule has 2 heterocycles. The third-order valence-electron chi connectivity index (χ3n) is 3.45. The van der Waals surface area contributed by atoms with Crippen LogP contribution in [0.5, 0.6) is 5.88 Å². The first-order chi connectivity index (χ1) is 9.22. The van der Waals surface area contributed by atoms with Gasteiger partial charge in [0.1, 0.15) is 0 Å². The Balaban J connectivity index is 1.77. The van der Waals surface area contributed by atoms with E-state index in [0.29, 0.717) is 6.54 Å². The van der Waals surface area contributed by atoms with Crippen molar-refractivity contribution in [2.75, 3.05) is 6.54 Å². The minimum atomic E-state index is -0.629. The molecule has 19 heavy (non-hydrogen) atoms. The lowest BCUT2D eigenvalue weighted by Gasteiger charge is -2.28. The summed E-state index contributed by atoms with van der Waals surface area (Å²) in [6.45, 7) is 2.38. The standard InChI is InChI=1S/C15H15FN2O/c16-13-8-12-6-7-18(10-14(12)17-15(13)19)9-11-4-2-1-3-5-11/h1-5,8H,6-7,9-10H2,(H,17,19). The van der Waals surface area contributed by atoms with E-state index in [0.717, 1.165) is 30.8 Å². The molecule has 0 radical (unpaired) electrons. The van der Waals surface area contributed by atoms with E-state index in [2.05, 4.69) is 22.0 Å². The fourth-order valence-electron chi connectivity index (χ4n) is 2.45. The molecule has 1 aliphatic rings. The summed E-state index contributed by atoms with van der Waals surface area (Å²) in [7, 11) is 0. The van der Waals surface area contributed by atoms with Crippen LogP contribution in [0.1, 0.15) is 16.8 Å². The predicted molar refractivity (Wildman–Crippen MR) is 70.1 cm³/mol. The topological polar surface area (TPSA) is 36.4 Å². The van der Waals surface area contributed by atoms with Crippen molar-refractivity contribution in [1.29, 1.82) is 0 Å². The van der Waals surface area contributed by atoms with Gasteiger partial charge in [-0.05, 0) is 23.6 Å². The first-order valence-corrected chi connectivity index (χ1v) is 6.36. The van der Waals surface area contributed by atoms with Crippen molar-refractivity contribution < 1.29 is 9.50 Å². The second kappa shape index (κ2) is 4.97. The second-order valence-corrected chi connectivity index (χ2v) is 4.85. The Morgan fingerprint density at radius 2 is 2.05 bits per heavy atom. The zero-order valence-electron chi connectivity index (χ0n) is 10.5. The summed E-state index contributed by atoms with van der Waals surface area (Å²) >= 11 is 0. The van der Waals surface area contributed by atoms with Crippen molar-refractivity contribution in [3.05, 3.63) is 59.0 Å². The van der Waals surface area contributed by atoms with Gasteiger partial charge in [-0.25, -0.2) is 9.37 Å². The monoisotopic (exact) mass is 258 g/mol. The first-order valence-electron chi connectivity index (χ1n) is 6.36. The van der Waals surface area contributed by atoms with Gasteiger partial charge in [0.15, 0.2) is 5.82 Å². The van der Waals surface area contributed by atoms with Gasteiger partial charge in [0.25, 0.3) is 0 Å². The van der Waals surface area contributed by atoms with Crippen molar-refractivity contribution in [1.82, 2.24) is 9.88 Å². The van der Waals surface area contributed by atoms with Crippen molar-refractivity contribution >= 4 is 0 Å². The molecular formula is C15H15FN2O. The Hall–Kier alpha value is -1.94. The van der Waals surface area contributed by atoms with E-state index in [4.69, 9.17) is 0 Å². The molecule has 0 saturated heterocycles. The molecule has 1 aliphatic heterocycles. The van der Waals surface area contributed by atoms with Crippen LogP contribution in [0.3, 0.4) is 0 Å². The number of hydrogen-bond acceptors (Lipinski definition) is 3. The summed E-state index contributed by atoms with van der Waals surface area (Å²) in [4.78, 5) is 6.20. The molecule has 3 rings (SSSR count). The molecule has 1 aromatic carbocycles. The quantitative estimate of drug-likeness (QED) is 0.899. The molecule has 2 aromatic rings. The van der Waals surface area contributed by atoms with Gasteiger partial charge in [-0.15, -0.1) is 0 Å². The van der Waals surface area contributed by atoms with Crippen LogP contribution in [0, 0.1) is 5.82 Å². The molecule has 0 saturated carbocycles. The molecule has 0 bridgehead atoms. The van der Waals surface area contributed by atoms with Crippen molar-refractivity contribution in [2.24, 2.45) is 0 Å². The molecule has 4 heteroatoms. The molecule has 0 aliphatic carbocycles. The maximum atomic E-state index is 13.2. The third kappa shape index (κ3) is 2.58. The highest BCUT2D eigenvalue weighted by Gasteiger charge is 2.19. The van der Waals surface area contributed by atoms with Crippen LogP contribution in [-0.2, 0) is 19.5 Å². The van der Waals surface area contributed by atoms with Crippen molar-refractivity contribution in [3.8, 4) is 5.88 Å². The largest absolute Gasteiger partial charge is 0.491 e. The van der Waals surface area contributed by atoms with Gasteiger partial charge in [0.05, 0.1) is 5.69 Å². The Labute approximate surface area is 111 Å². The highest BCUT2D eigenvalue weighted by atomic mass is 19.1. The third-order valence-corrected chi connectivity index (χ3v) is 3.45. The summed E-state index contributed by atoms with van der Waals surface area (Å²) in [5, 5.41) is 9.35. The number of aromatic hydroxyl groups is 1. The lowest BCUT2D eigenvalue weighted by atomic mass is 10.0. The molecule has 0 fully saturated rings. The number of nitrogens with zero attached hydrogens (tertiary/aromatic N) is 2. The lowest BCUT2D eigenvalue weighted by molar-refractivity contribution is 0.239. The van der Waals surface area contributed by atoms with Crippen LogP contribution in [0.15, 0.2) is 36.4 Å². The number of hydrogen-bond donors (Lipinski definition) is 1. The molecular weight excluding hydrogens is 243 g/mol. The average molecular weight is 258 g/mol. The van der Waals surface area contributed by atoms with Crippen LogP contribution in [0.4, 0.5) is 4.39 Å². The van der Waals surface area contributed by atoms with Crippen LogP contribution < -0.4 is 0 Å². The van der Waals surface area contributed by atoms with Crippen LogP contribution in [0.2, 0.25) is 0 Å². The Bertz CT molecular complexity index is 586. The van der Waals surface area contributed by atoms with E-state index in [1.165, 1.54) is 11.6 Å². The minimum absolute atomic E-state index is 0.500. The van der Waals surface area contributed by atoms with Crippen molar-refractivity contribution in [2.45, 2.75) is 19.5 Å². The van der Waals surface area contributed by atoms with Crippen LogP contribution >= 0.6 is 0 Å². The molecule has 1 aromatic heterocycles. The van der Waals surface area contributed by atoms with Gasteiger partial charge in [0.2, 0.25) is 5.88 Å². The van der Waals surface area contributed by atoms with Gasteiger partial charge in [-0.2, -0.15) is 0 Å². The smallest absolute Gasteiger partial charge is 0.248 e. The molecule has 0 spiro atoms. The fraction of sp³-hybridized carbons (Fsp3) is 0.267. The number of halogens is 1. The molecule has 3 nitrogen and oxygen atoms in total. The number of rotatable bonds is 2. The minimum Gasteiger partial charge on any atom is -0.491 e. The van der Waals surface area contributed by atoms with Crippen LogP contribution in [0.25, 0.3) is 0 Å². The van der Waals surface area contributed by atoms with E-state index in [-0.39, 0.29) is 0 Å². The van der Waals surface area contributed by atoms with E-state index < -0.39 is 11.7 Å². The van der Waals surface area contributed by atoms with E-state index in [1.807, 2.05) is 18.2 Å². The number of aromatic nitrogens is 1. The molecule has 98 valence electrons. The molecule has 0 unspecified atom stereocenters. The maximum Gasteiger partial charge on any atom is 0.248 e. The summed E-state index contributed by atoms with van der Waals surface area (Å²) in [6, 6.07) is 11.6. The number of benzene rings is 1. The first kappa shape index (κ1) is 12.1. The van der Waals surface area contributed by atoms with Crippen LogP contribution in [-0.4, -0.2) is 21.5 Å². The average Bonchev–Trinajstić information content (AvgIpc) is 2.42. The summed E-state index contributed by atoms with van der Waals surface area (Å²) in [6.07, 6.45) is 0.770. The molecule has 0 amide bonds. The highest BCUT2D eigenvalue weighted by Crippen LogP contribution is 2.23. The number of fused-ring (bicyclic) bond motifs is 1. The summed E-state index contributed by atoms with van der Waals surface area (Å²) in [5.74, 6) is -1.13. The van der Waals surface area contributed by atoms with Gasteiger partial charge in [-0.1, -0.05) is 30.3 Å². The lowest BCUT2D eigenvalue weighted by Crippen LogP contribution is -2.30. The van der Waals surface area contributed by atoms with Gasteiger partial charge in [0, 0.05) is 19.6 Å². The Kier molecular flexibility index (Phi) is 3.17. The van der Waals surface area contributed by atoms with Gasteiger partial charge in [-0.3, -0.25) is 4.90 Å². The Morgan fingerprint density at radius 3 is 2.84 bits per heavy atom. The van der Waals surface area contributed by atoms with Gasteiger partial charge < -0.3 is 5.11 Å². The predicted octanol–water partition coefficient (Wildman–Crippen LogP) is 2.48.